The maximum absolute atomic E-state index is 11.6. The lowest BCUT2D eigenvalue weighted by Crippen LogP contribution is -2.49. The average Bonchev–Trinajstić information content (AvgIpc) is 2.47. The van der Waals surface area contributed by atoms with Crippen LogP contribution >= 0.6 is 0 Å². The molecule has 2 rings (SSSR count). The van der Waals surface area contributed by atoms with E-state index in [0.717, 1.165) is 0 Å². The summed E-state index contributed by atoms with van der Waals surface area (Å²) in [5, 5.41) is 10.7. The summed E-state index contributed by atoms with van der Waals surface area (Å²) in [6.45, 7) is 4.28. The van der Waals surface area contributed by atoms with Gasteiger partial charge < -0.3 is 20.3 Å². The first kappa shape index (κ1) is 14.8. The van der Waals surface area contributed by atoms with Gasteiger partial charge in [-0.05, 0) is 13.0 Å². The first-order valence-corrected chi connectivity index (χ1v) is 6.60. The third-order valence-electron chi connectivity index (χ3n) is 3.21. The number of nitrogens with zero attached hydrogens (tertiary/aromatic N) is 4. The van der Waals surface area contributed by atoms with Crippen molar-refractivity contribution in [3.8, 4) is 0 Å². The molecular formula is C12H17N5O4. The molecule has 1 amide bonds. The van der Waals surface area contributed by atoms with Crippen LogP contribution in [-0.2, 0) is 4.74 Å². The van der Waals surface area contributed by atoms with Gasteiger partial charge in [0.15, 0.2) is 0 Å². The van der Waals surface area contributed by atoms with Gasteiger partial charge in [0.1, 0.15) is 5.82 Å². The van der Waals surface area contributed by atoms with E-state index < -0.39 is 4.92 Å². The quantitative estimate of drug-likeness (QED) is 0.649. The van der Waals surface area contributed by atoms with Crippen molar-refractivity contribution in [3.05, 3.63) is 22.2 Å². The molecular weight excluding hydrogens is 278 g/mol. The predicted molar refractivity (Wildman–Crippen MR) is 76.1 cm³/mol. The Balaban J connectivity index is 2.01. The maximum Gasteiger partial charge on any atom is 0.409 e. The lowest BCUT2D eigenvalue weighted by molar-refractivity contribution is -0.384. The molecule has 0 unspecified atom stereocenters. The number of nitro groups is 1. The Kier molecular flexibility index (Phi) is 4.41. The number of piperazine rings is 1. The van der Waals surface area contributed by atoms with Gasteiger partial charge in [-0.3, -0.25) is 10.1 Å². The summed E-state index contributed by atoms with van der Waals surface area (Å²) in [5.74, 6) is 0.465. The number of hydrogen-bond acceptors (Lipinski definition) is 7. The molecule has 9 nitrogen and oxygen atoms in total. The number of carbonyl (C=O) groups excluding carboxylic acids is 1. The van der Waals surface area contributed by atoms with E-state index in [1.807, 2.05) is 4.90 Å². The smallest absolute Gasteiger partial charge is 0.409 e. The molecule has 1 fully saturated rings. The molecule has 0 saturated carbocycles. The van der Waals surface area contributed by atoms with Crippen LogP contribution in [0.3, 0.4) is 0 Å². The summed E-state index contributed by atoms with van der Waals surface area (Å²) in [4.78, 5) is 29.3. The fourth-order valence-corrected chi connectivity index (χ4v) is 2.12. The molecule has 0 bridgehead atoms. The van der Waals surface area contributed by atoms with Crippen LogP contribution in [0, 0.1) is 10.1 Å². The minimum Gasteiger partial charge on any atom is -0.450 e. The third kappa shape index (κ3) is 3.30. The normalized spacial score (nSPS) is 14.9. The Bertz CT molecular complexity index is 542. The Morgan fingerprint density at radius 2 is 2.10 bits per heavy atom. The molecule has 2 heterocycles. The summed E-state index contributed by atoms with van der Waals surface area (Å²) in [7, 11) is 0. The summed E-state index contributed by atoms with van der Waals surface area (Å²) in [5.41, 5.74) is 5.38. The van der Waals surface area contributed by atoms with Gasteiger partial charge in [-0.25, -0.2) is 9.78 Å². The van der Waals surface area contributed by atoms with E-state index in [1.54, 1.807) is 17.9 Å². The van der Waals surface area contributed by atoms with Crippen LogP contribution in [0.4, 0.5) is 22.1 Å². The second-order valence-electron chi connectivity index (χ2n) is 4.50. The number of amides is 1. The number of rotatable bonds is 3. The molecule has 0 spiro atoms. The van der Waals surface area contributed by atoms with Gasteiger partial charge in [0.05, 0.1) is 11.5 Å². The number of nitrogens with two attached hydrogens (primary N) is 1. The number of aromatic nitrogens is 1. The largest absolute Gasteiger partial charge is 0.450 e. The Labute approximate surface area is 121 Å². The van der Waals surface area contributed by atoms with Crippen molar-refractivity contribution in [3.63, 3.8) is 0 Å². The van der Waals surface area contributed by atoms with Gasteiger partial charge in [0.25, 0.3) is 0 Å². The number of pyridine rings is 1. The SMILES string of the molecule is CCOC(=O)N1CCN(c2ccc([N+](=O)[O-])c(N)n2)CC1. The van der Waals surface area contributed by atoms with E-state index in [0.29, 0.717) is 38.6 Å². The maximum atomic E-state index is 11.6. The van der Waals surface area contributed by atoms with Crippen molar-refractivity contribution in [2.45, 2.75) is 6.92 Å². The molecule has 1 aromatic heterocycles. The molecule has 1 aliphatic rings. The molecule has 0 radical (unpaired) electrons. The zero-order chi connectivity index (χ0) is 15.4. The summed E-state index contributed by atoms with van der Waals surface area (Å²) in [6, 6.07) is 2.91. The minimum atomic E-state index is -0.565. The lowest BCUT2D eigenvalue weighted by atomic mass is 10.3. The molecule has 1 aromatic rings. The summed E-state index contributed by atoms with van der Waals surface area (Å²) < 4.78 is 4.94. The topological polar surface area (TPSA) is 115 Å². The monoisotopic (exact) mass is 295 g/mol. The van der Waals surface area contributed by atoms with E-state index in [4.69, 9.17) is 10.5 Å². The van der Waals surface area contributed by atoms with E-state index in [2.05, 4.69) is 4.98 Å². The predicted octanol–water partition coefficient (Wildman–Crippen LogP) is 0.850. The van der Waals surface area contributed by atoms with Gasteiger partial charge in [0, 0.05) is 32.2 Å². The highest BCUT2D eigenvalue weighted by atomic mass is 16.6. The Hall–Kier alpha value is -2.58. The molecule has 0 aliphatic carbocycles. The van der Waals surface area contributed by atoms with Gasteiger partial charge >= 0.3 is 11.8 Å². The Morgan fingerprint density at radius 1 is 1.43 bits per heavy atom. The lowest BCUT2D eigenvalue weighted by Gasteiger charge is -2.34. The molecule has 114 valence electrons. The molecule has 2 N–H and O–H groups in total. The van der Waals surface area contributed by atoms with Gasteiger partial charge in [-0.2, -0.15) is 0 Å². The van der Waals surface area contributed by atoms with Crippen molar-refractivity contribution >= 4 is 23.4 Å². The molecule has 1 aliphatic heterocycles. The van der Waals surface area contributed by atoms with Crippen LogP contribution in [0.1, 0.15) is 6.92 Å². The van der Waals surface area contributed by atoms with Crippen molar-refractivity contribution in [1.82, 2.24) is 9.88 Å². The fraction of sp³-hybridized carbons (Fsp3) is 0.500. The minimum absolute atomic E-state index is 0.106. The molecule has 21 heavy (non-hydrogen) atoms. The van der Waals surface area contributed by atoms with E-state index in [1.165, 1.54) is 6.07 Å². The summed E-state index contributed by atoms with van der Waals surface area (Å²) >= 11 is 0. The van der Waals surface area contributed by atoms with Crippen molar-refractivity contribution in [2.24, 2.45) is 0 Å². The first-order valence-electron chi connectivity index (χ1n) is 6.60. The highest BCUT2D eigenvalue weighted by Gasteiger charge is 2.23. The van der Waals surface area contributed by atoms with Crippen molar-refractivity contribution < 1.29 is 14.5 Å². The van der Waals surface area contributed by atoms with Crippen LogP contribution < -0.4 is 10.6 Å². The first-order chi connectivity index (χ1) is 10.0. The Morgan fingerprint density at radius 3 is 2.62 bits per heavy atom. The number of ether oxygens (including phenoxy) is 1. The van der Waals surface area contributed by atoms with Crippen LogP contribution in [0.2, 0.25) is 0 Å². The van der Waals surface area contributed by atoms with E-state index >= 15 is 0 Å². The van der Waals surface area contributed by atoms with Gasteiger partial charge in [0.2, 0.25) is 5.82 Å². The van der Waals surface area contributed by atoms with Crippen LogP contribution in [0.25, 0.3) is 0 Å². The molecule has 9 heteroatoms. The average molecular weight is 295 g/mol. The number of nitrogen functional groups attached to an aromatic ring is 1. The second kappa shape index (κ2) is 6.25. The van der Waals surface area contributed by atoms with Crippen molar-refractivity contribution in [2.75, 3.05) is 43.4 Å². The second-order valence-corrected chi connectivity index (χ2v) is 4.50. The highest BCUT2D eigenvalue weighted by molar-refractivity contribution is 5.68. The standard InChI is InChI=1S/C12H17N5O4/c1-2-21-12(18)16-7-5-15(6-8-16)10-4-3-9(17(19)20)11(13)14-10/h3-4H,2,5-8H2,1H3,(H2,13,14). The highest BCUT2D eigenvalue weighted by Crippen LogP contribution is 2.23. The number of carbonyl (C=O) groups is 1. The molecule has 1 saturated heterocycles. The number of anilines is 2. The summed E-state index contributed by atoms with van der Waals surface area (Å²) in [6.07, 6.45) is -0.326. The van der Waals surface area contributed by atoms with Crippen LogP contribution in [0.15, 0.2) is 12.1 Å². The zero-order valence-electron chi connectivity index (χ0n) is 11.7. The number of hydrogen-bond donors (Lipinski definition) is 1. The van der Waals surface area contributed by atoms with E-state index in [9.17, 15) is 14.9 Å². The molecule has 0 aromatic carbocycles. The van der Waals surface area contributed by atoms with Gasteiger partial charge in [-0.15, -0.1) is 0 Å². The fourth-order valence-electron chi connectivity index (χ4n) is 2.12. The van der Waals surface area contributed by atoms with E-state index in [-0.39, 0.29) is 17.6 Å². The van der Waals surface area contributed by atoms with Crippen LogP contribution in [-0.4, -0.2) is 53.7 Å². The zero-order valence-corrected chi connectivity index (χ0v) is 11.7. The van der Waals surface area contributed by atoms with Crippen molar-refractivity contribution in [1.29, 1.82) is 0 Å². The van der Waals surface area contributed by atoms with Gasteiger partial charge in [-0.1, -0.05) is 0 Å². The van der Waals surface area contributed by atoms with Crippen LogP contribution in [0.5, 0.6) is 0 Å². The third-order valence-corrected chi connectivity index (χ3v) is 3.21. The molecule has 0 atom stereocenters.